The van der Waals surface area contributed by atoms with Gasteiger partial charge < -0.3 is 14.6 Å². The van der Waals surface area contributed by atoms with Gasteiger partial charge in [-0.25, -0.2) is 4.98 Å². The minimum atomic E-state index is -0.553. The predicted molar refractivity (Wildman–Crippen MR) is 134 cm³/mol. The second-order valence-electron chi connectivity index (χ2n) is 9.19. The normalized spacial score (nSPS) is 15.6. The lowest BCUT2D eigenvalue weighted by molar-refractivity contribution is -0.122. The van der Waals surface area contributed by atoms with E-state index in [1.54, 1.807) is 23.1 Å². The van der Waals surface area contributed by atoms with Gasteiger partial charge in [0.15, 0.2) is 5.76 Å². The van der Waals surface area contributed by atoms with E-state index in [1.807, 2.05) is 45.0 Å². The Morgan fingerprint density at radius 2 is 2.00 bits per heavy atom. The van der Waals surface area contributed by atoms with E-state index in [1.165, 1.54) is 17.0 Å². The molecule has 3 aromatic heterocycles. The zero-order valence-electron chi connectivity index (χ0n) is 20.2. The van der Waals surface area contributed by atoms with Crippen molar-refractivity contribution < 1.29 is 14.0 Å². The maximum Gasteiger partial charge on any atom is 0.252 e. The van der Waals surface area contributed by atoms with Crippen molar-refractivity contribution in [2.45, 2.75) is 33.1 Å². The van der Waals surface area contributed by atoms with Crippen LogP contribution in [0.25, 0.3) is 17.4 Å². The van der Waals surface area contributed by atoms with Crippen molar-refractivity contribution in [2.75, 3.05) is 16.8 Å². The number of carbonyl (C=O) groups excluding carboxylic acids is 2. The van der Waals surface area contributed by atoms with E-state index in [0.29, 0.717) is 23.0 Å². The molecule has 10 nitrogen and oxygen atoms in total. The van der Waals surface area contributed by atoms with Crippen molar-refractivity contribution in [3.05, 3.63) is 76.4 Å². The summed E-state index contributed by atoms with van der Waals surface area (Å²) in [5.74, 6) is -0.00807. The van der Waals surface area contributed by atoms with Crippen molar-refractivity contribution in [1.82, 2.24) is 19.7 Å². The van der Waals surface area contributed by atoms with Crippen LogP contribution in [0, 0.1) is 12.8 Å². The number of furan rings is 1. The molecule has 1 saturated heterocycles. The lowest BCUT2D eigenvalue weighted by Crippen LogP contribution is -2.29. The molecule has 4 aromatic rings. The Kier molecular flexibility index (Phi) is 6.01. The van der Waals surface area contributed by atoms with E-state index in [0.717, 1.165) is 11.3 Å². The third-order valence-electron chi connectivity index (χ3n) is 6.08. The number of hydrogen-bond donors (Lipinski definition) is 2. The van der Waals surface area contributed by atoms with Crippen molar-refractivity contribution in [3.63, 3.8) is 0 Å². The van der Waals surface area contributed by atoms with Crippen LogP contribution in [-0.4, -0.2) is 38.1 Å². The van der Waals surface area contributed by atoms with Gasteiger partial charge in [-0.05, 0) is 42.7 Å². The number of anilines is 2. The molecule has 2 amide bonds. The molecule has 1 aliphatic heterocycles. The van der Waals surface area contributed by atoms with Crippen LogP contribution in [-0.2, 0) is 9.59 Å². The number of aromatic amines is 1. The van der Waals surface area contributed by atoms with Crippen LogP contribution in [0.5, 0.6) is 0 Å². The number of H-pyrrole nitrogens is 1. The van der Waals surface area contributed by atoms with Crippen molar-refractivity contribution in [1.29, 1.82) is 0 Å². The summed E-state index contributed by atoms with van der Waals surface area (Å²) in [6, 6.07) is 14.2. The summed E-state index contributed by atoms with van der Waals surface area (Å²) in [5.41, 5.74) is 2.53. The maximum atomic E-state index is 13.3. The highest BCUT2D eigenvalue weighted by Crippen LogP contribution is 2.28. The fourth-order valence-corrected chi connectivity index (χ4v) is 4.19. The average Bonchev–Trinajstić information content (AvgIpc) is 3.58. The lowest BCUT2D eigenvalue weighted by atomic mass is 10.1. The van der Waals surface area contributed by atoms with Gasteiger partial charge >= 0.3 is 0 Å². The van der Waals surface area contributed by atoms with Crippen LogP contribution in [0.1, 0.15) is 37.4 Å². The topological polar surface area (TPSA) is 126 Å². The fraction of sp³-hybridized carbons (Fsp3) is 0.269. The number of nitrogens with zero attached hydrogens (tertiary/aromatic N) is 4. The summed E-state index contributed by atoms with van der Waals surface area (Å²) in [5, 5.41) is 7.41. The summed E-state index contributed by atoms with van der Waals surface area (Å²) in [4.78, 5) is 47.2. The third kappa shape index (κ3) is 4.57. The zero-order chi connectivity index (χ0) is 25.4. The molecule has 1 unspecified atom stereocenters. The number of rotatable bonds is 6. The second-order valence-corrected chi connectivity index (χ2v) is 9.19. The van der Waals surface area contributed by atoms with Crippen LogP contribution in [0.4, 0.5) is 11.5 Å². The molecule has 0 spiro atoms. The first kappa shape index (κ1) is 23.3. The average molecular weight is 487 g/mol. The van der Waals surface area contributed by atoms with E-state index < -0.39 is 5.92 Å². The largest absolute Gasteiger partial charge is 0.463 e. The summed E-state index contributed by atoms with van der Waals surface area (Å²) < 4.78 is 6.84. The van der Waals surface area contributed by atoms with Gasteiger partial charge in [0.05, 0.1) is 17.9 Å². The predicted octanol–water partition coefficient (Wildman–Crippen LogP) is 3.64. The molecule has 4 heterocycles. The molecule has 1 aromatic carbocycles. The SMILES string of the molecule is Cc1cccc(N2CC(C(=O)Nc3cc(-c4ccco4)nn3-c3nc(C(C)C)cc(=O)[nH]3)CC2=O)c1. The number of carbonyl (C=O) groups is 2. The Labute approximate surface area is 207 Å². The summed E-state index contributed by atoms with van der Waals surface area (Å²) >= 11 is 0. The van der Waals surface area contributed by atoms with E-state index in [9.17, 15) is 14.4 Å². The Morgan fingerprint density at radius 3 is 2.72 bits per heavy atom. The molecule has 184 valence electrons. The van der Waals surface area contributed by atoms with E-state index in [-0.39, 0.29) is 42.2 Å². The lowest BCUT2D eigenvalue weighted by Gasteiger charge is -2.17. The van der Waals surface area contributed by atoms with Crippen LogP contribution in [0.3, 0.4) is 0 Å². The highest BCUT2D eigenvalue weighted by atomic mass is 16.3. The molecule has 36 heavy (non-hydrogen) atoms. The molecule has 5 rings (SSSR count). The number of hydrogen-bond acceptors (Lipinski definition) is 6. The Morgan fingerprint density at radius 1 is 1.17 bits per heavy atom. The summed E-state index contributed by atoms with van der Waals surface area (Å²) in [7, 11) is 0. The minimum Gasteiger partial charge on any atom is -0.463 e. The highest BCUT2D eigenvalue weighted by molar-refractivity contribution is 6.03. The van der Waals surface area contributed by atoms with Gasteiger partial charge in [-0.2, -0.15) is 9.78 Å². The first-order chi connectivity index (χ1) is 17.3. The van der Waals surface area contributed by atoms with Gasteiger partial charge in [0.2, 0.25) is 17.8 Å². The standard InChI is InChI=1S/C26H26N6O4/c1-15(2)19-13-23(33)29-26(27-19)32-22(12-20(30-32)21-8-5-9-36-21)28-25(35)17-11-24(34)31(14-17)18-7-4-6-16(3)10-18/h4-10,12-13,15,17H,11,14H2,1-3H3,(H,28,35)(H,27,29,33). The fourth-order valence-electron chi connectivity index (χ4n) is 4.19. The molecule has 2 N–H and O–H groups in total. The summed E-state index contributed by atoms with van der Waals surface area (Å²) in [6.45, 7) is 6.09. The number of benzene rings is 1. The number of amides is 2. The smallest absolute Gasteiger partial charge is 0.252 e. The van der Waals surface area contributed by atoms with E-state index >= 15 is 0 Å². The molecular formula is C26H26N6O4. The number of aryl methyl sites for hydroxylation is 1. The Hall–Kier alpha value is -4.47. The van der Waals surface area contributed by atoms with Gasteiger partial charge in [-0.3, -0.25) is 19.4 Å². The third-order valence-corrected chi connectivity index (χ3v) is 6.08. The van der Waals surface area contributed by atoms with E-state index in [4.69, 9.17) is 4.42 Å². The van der Waals surface area contributed by atoms with Crippen LogP contribution in [0.15, 0.2) is 64.0 Å². The van der Waals surface area contributed by atoms with Gasteiger partial charge in [0, 0.05) is 30.8 Å². The highest BCUT2D eigenvalue weighted by Gasteiger charge is 2.35. The number of nitrogens with one attached hydrogen (secondary N) is 2. The van der Waals surface area contributed by atoms with Crippen molar-refractivity contribution >= 4 is 23.3 Å². The summed E-state index contributed by atoms with van der Waals surface area (Å²) in [6.07, 6.45) is 1.62. The van der Waals surface area contributed by atoms with Crippen molar-refractivity contribution in [2.24, 2.45) is 5.92 Å². The van der Waals surface area contributed by atoms with E-state index in [2.05, 4.69) is 20.4 Å². The van der Waals surface area contributed by atoms with Gasteiger partial charge in [0.1, 0.15) is 11.5 Å². The molecule has 10 heteroatoms. The first-order valence-corrected chi connectivity index (χ1v) is 11.7. The number of aromatic nitrogens is 4. The van der Waals surface area contributed by atoms with Crippen molar-refractivity contribution in [3.8, 4) is 17.4 Å². The Balaban J connectivity index is 1.46. The molecule has 1 atom stereocenters. The molecule has 0 radical (unpaired) electrons. The molecule has 0 aliphatic carbocycles. The second kappa shape index (κ2) is 9.29. The molecule has 1 fully saturated rings. The molecule has 0 saturated carbocycles. The van der Waals surface area contributed by atoms with Gasteiger partial charge in [-0.1, -0.05) is 26.0 Å². The Bertz CT molecular complexity index is 1480. The molecular weight excluding hydrogens is 460 g/mol. The van der Waals surface area contributed by atoms with Crippen LogP contribution >= 0.6 is 0 Å². The molecule has 1 aliphatic rings. The quantitative estimate of drug-likeness (QED) is 0.429. The van der Waals surface area contributed by atoms with Gasteiger partial charge in [0.25, 0.3) is 5.56 Å². The zero-order valence-corrected chi connectivity index (χ0v) is 20.2. The minimum absolute atomic E-state index is 0.0151. The monoisotopic (exact) mass is 486 g/mol. The first-order valence-electron chi connectivity index (χ1n) is 11.7. The van der Waals surface area contributed by atoms with Gasteiger partial charge in [-0.15, -0.1) is 0 Å². The maximum absolute atomic E-state index is 13.3. The molecule has 0 bridgehead atoms. The van der Waals surface area contributed by atoms with Crippen LogP contribution < -0.4 is 15.8 Å². The van der Waals surface area contributed by atoms with Crippen LogP contribution in [0.2, 0.25) is 0 Å².